The number of ether oxygens (including phenoxy) is 1. The SMILES string of the molecule is CC(C)(C)OC(=O)n1c(CC#N)nc2ccccc21. The van der Waals surface area contributed by atoms with Crippen LogP contribution >= 0.6 is 0 Å². The van der Waals surface area contributed by atoms with Crippen molar-refractivity contribution in [3.05, 3.63) is 30.1 Å². The Labute approximate surface area is 111 Å². The summed E-state index contributed by atoms with van der Waals surface area (Å²) in [4.78, 5) is 16.5. The first-order valence-electron chi connectivity index (χ1n) is 5.99. The molecule has 0 radical (unpaired) electrons. The van der Waals surface area contributed by atoms with Gasteiger partial charge in [-0.2, -0.15) is 5.26 Å². The first kappa shape index (κ1) is 13.1. The second kappa shape index (κ2) is 4.73. The molecule has 0 N–H and O–H groups in total. The van der Waals surface area contributed by atoms with E-state index in [0.29, 0.717) is 16.9 Å². The second-order valence-corrected chi connectivity index (χ2v) is 5.17. The highest BCUT2D eigenvalue weighted by molar-refractivity contribution is 5.87. The number of benzene rings is 1. The molecular weight excluding hydrogens is 242 g/mol. The van der Waals surface area contributed by atoms with E-state index in [1.807, 2.05) is 18.2 Å². The number of nitriles is 1. The van der Waals surface area contributed by atoms with Crippen LogP contribution in [0.2, 0.25) is 0 Å². The number of imidazole rings is 1. The smallest absolute Gasteiger partial charge is 0.420 e. The Balaban J connectivity index is 2.53. The van der Waals surface area contributed by atoms with Crippen molar-refractivity contribution < 1.29 is 9.53 Å². The van der Waals surface area contributed by atoms with E-state index in [1.54, 1.807) is 32.9 Å². The van der Waals surface area contributed by atoms with Crippen LogP contribution < -0.4 is 0 Å². The average Bonchev–Trinajstić information content (AvgIpc) is 2.65. The van der Waals surface area contributed by atoms with E-state index in [0.717, 1.165) is 0 Å². The van der Waals surface area contributed by atoms with E-state index >= 15 is 0 Å². The minimum absolute atomic E-state index is 0.0634. The summed E-state index contributed by atoms with van der Waals surface area (Å²) in [5.41, 5.74) is 0.743. The summed E-state index contributed by atoms with van der Waals surface area (Å²) in [6.45, 7) is 5.40. The van der Waals surface area contributed by atoms with Crippen molar-refractivity contribution in [2.45, 2.75) is 32.8 Å². The van der Waals surface area contributed by atoms with E-state index in [-0.39, 0.29) is 6.42 Å². The van der Waals surface area contributed by atoms with Gasteiger partial charge < -0.3 is 4.74 Å². The van der Waals surface area contributed by atoms with Gasteiger partial charge in [-0.05, 0) is 32.9 Å². The topological polar surface area (TPSA) is 67.9 Å². The fourth-order valence-electron chi connectivity index (χ4n) is 1.78. The largest absolute Gasteiger partial charge is 0.443 e. The van der Waals surface area contributed by atoms with Crippen molar-refractivity contribution >= 4 is 17.1 Å². The lowest BCUT2D eigenvalue weighted by atomic mass is 10.2. The molecule has 0 aliphatic carbocycles. The predicted molar refractivity (Wildman–Crippen MR) is 70.7 cm³/mol. The summed E-state index contributed by atoms with van der Waals surface area (Å²) in [5.74, 6) is 0.401. The lowest BCUT2D eigenvalue weighted by Gasteiger charge is -2.20. The zero-order valence-corrected chi connectivity index (χ0v) is 11.2. The van der Waals surface area contributed by atoms with Gasteiger partial charge in [0.25, 0.3) is 0 Å². The van der Waals surface area contributed by atoms with Crippen LogP contribution in [-0.2, 0) is 11.2 Å². The molecule has 0 saturated heterocycles. The molecule has 0 saturated carbocycles. The maximum Gasteiger partial charge on any atom is 0.420 e. The summed E-state index contributed by atoms with van der Waals surface area (Å²) in [6, 6.07) is 9.26. The van der Waals surface area contributed by atoms with Crippen LogP contribution in [0.25, 0.3) is 11.0 Å². The lowest BCUT2D eigenvalue weighted by molar-refractivity contribution is 0.0540. The van der Waals surface area contributed by atoms with Crippen molar-refractivity contribution in [2.24, 2.45) is 0 Å². The number of hydrogen-bond donors (Lipinski definition) is 0. The number of rotatable bonds is 1. The Morgan fingerprint density at radius 1 is 1.42 bits per heavy atom. The van der Waals surface area contributed by atoms with E-state index in [9.17, 15) is 4.79 Å². The quantitative estimate of drug-likeness (QED) is 0.787. The number of aromatic nitrogens is 2. The Bertz CT molecular complexity index is 659. The molecule has 0 amide bonds. The van der Waals surface area contributed by atoms with Crippen molar-refractivity contribution in [3.8, 4) is 6.07 Å². The maximum absolute atomic E-state index is 12.2. The van der Waals surface area contributed by atoms with Crippen molar-refractivity contribution in [3.63, 3.8) is 0 Å². The molecule has 0 fully saturated rings. The number of fused-ring (bicyclic) bond motifs is 1. The van der Waals surface area contributed by atoms with Crippen LogP contribution in [0.1, 0.15) is 26.6 Å². The molecule has 98 valence electrons. The molecule has 19 heavy (non-hydrogen) atoms. The molecule has 1 aromatic heterocycles. The van der Waals surface area contributed by atoms with Crippen molar-refractivity contribution in [1.82, 2.24) is 9.55 Å². The summed E-state index contributed by atoms with van der Waals surface area (Å²) < 4.78 is 6.72. The third kappa shape index (κ3) is 2.74. The summed E-state index contributed by atoms with van der Waals surface area (Å²) >= 11 is 0. The highest BCUT2D eigenvalue weighted by atomic mass is 16.6. The highest BCUT2D eigenvalue weighted by Gasteiger charge is 2.22. The van der Waals surface area contributed by atoms with Crippen LogP contribution in [0.4, 0.5) is 4.79 Å². The third-order valence-electron chi connectivity index (χ3n) is 2.44. The molecule has 2 rings (SSSR count). The normalized spacial score (nSPS) is 11.3. The molecular formula is C14H15N3O2. The summed E-state index contributed by atoms with van der Waals surface area (Å²) in [5, 5.41) is 8.83. The van der Waals surface area contributed by atoms with E-state index in [1.165, 1.54) is 4.57 Å². The van der Waals surface area contributed by atoms with Crippen molar-refractivity contribution in [2.75, 3.05) is 0 Å². The Hall–Kier alpha value is -2.35. The molecule has 0 spiro atoms. The minimum atomic E-state index is -0.591. The van der Waals surface area contributed by atoms with Gasteiger partial charge in [-0.1, -0.05) is 12.1 Å². The second-order valence-electron chi connectivity index (χ2n) is 5.17. The Morgan fingerprint density at radius 2 is 2.11 bits per heavy atom. The van der Waals surface area contributed by atoms with Crippen LogP contribution in [0, 0.1) is 11.3 Å². The minimum Gasteiger partial charge on any atom is -0.443 e. The third-order valence-corrected chi connectivity index (χ3v) is 2.44. The summed E-state index contributed by atoms with van der Waals surface area (Å²) in [7, 11) is 0. The molecule has 1 aromatic carbocycles. The first-order valence-corrected chi connectivity index (χ1v) is 5.99. The number of nitrogens with zero attached hydrogens (tertiary/aromatic N) is 3. The zero-order chi connectivity index (χ0) is 14.0. The average molecular weight is 257 g/mol. The van der Waals surface area contributed by atoms with E-state index in [2.05, 4.69) is 4.98 Å². The van der Waals surface area contributed by atoms with Gasteiger partial charge in [-0.15, -0.1) is 0 Å². The number of carbonyl (C=O) groups is 1. The van der Waals surface area contributed by atoms with Gasteiger partial charge in [0, 0.05) is 0 Å². The number of hydrogen-bond acceptors (Lipinski definition) is 4. The zero-order valence-electron chi connectivity index (χ0n) is 11.2. The van der Waals surface area contributed by atoms with E-state index in [4.69, 9.17) is 10.00 Å². The van der Waals surface area contributed by atoms with Crippen LogP contribution in [0.15, 0.2) is 24.3 Å². The van der Waals surface area contributed by atoms with Crippen LogP contribution in [-0.4, -0.2) is 21.2 Å². The Morgan fingerprint density at radius 3 is 2.74 bits per heavy atom. The van der Waals surface area contributed by atoms with Gasteiger partial charge in [0.1, 0.15) is 11.4 Å². The standard InChI is InChI=1S/C14H15N3O2/c1-14(2,3)19-13(18)17-11-7-5-4-6-10(11)16-12(17)8-9-15/h4-7H,8H2,1-3H3. The molecule has 2 aromatic rings. The fourth-order valence-corrected chi connectivity index (χ4v) is 1.78. The molecule has 0 bridgehead atoms. The van der Waals surface area contributed by atoms with E-state index < -0.39 is 11.7 Å². The van der Waals surface area contributed by atoms with Gasteiger partial charge in [0.15, 0.2) is 0 Å². The highest BCUT2D eigenvalue weighted by Crippen LogP contribution is 2.19. The summed E-state index contributed by atoms with van der Waals surface area (Å²) in [6.07, 6.45) is -0.445. The monoisotopic (exact) mass is 257 g/mol. The van der Waals surface area contributed by atoms with Gasteiger partial charge >= 0.3 is 6.09 Å². The van der Waals surface area contributed by atoms with Crippen molar-refractivity contribution in [1.29, 1.82) is 5.26 Å². The Kier molecular flexibility index (Phi) is 3.26. The first-order chi connectivity index (χ1) is 8.92. The molecule has 0 aliphatic rings. The fraction of sp³-hybridized carbons (Fsp3) is 0.357. The van der Waals surface area contributed by atoms with Gasteiger partial charge in [0.05, 0.1) is 23.5 Å². The molecule has 1 heterocycles. The van der Waals surface area contributed by atoms with Gasteiger partial charge in [-0.3, -0.25) is 0 Å². The van der Waals surface area contributed by atoms with Gasteiger partial charge in [0.2, 0.25) is 0 Å². The number of para-hydroxylation sites is 2. The predicted octanol–water partition coefficient (Wildman–Crippen LogP) is 2.89. The number of carbonyl (C=O) groups excluding carboxylic acids is 1. The molecule has 5 nitrogen and oxygen atoms in total. The van der Waals surface area contributed by atoms with Crippen LogP contribution in [0.3, 0.4) is 0 Å². The van der Waals surface area contributed by atoms with Crippen LogP contribution in [0.5, 0.6) is 0 Å². The molecule has 5 heteroatoms. The van der Waals surface area contributed by atoms with Gasteiger partial charge in [-0.25, -0.2) is 14.3 Å². The molecule has 0 unspecified atom stereocenters. The molecule has 0 aliphatic heterocycles. The lowest BCUT2D eigenvalue weighted by Crippen LogP contribution is -2.28. The molecule has 0 atom stereocenters. The maximum atomic E-state index is 12.2.